The minimum absolute atomic E-state index is 0.132. The average Bonchev–Trinajstić information content (AvgIpc) is 3.04. The van der Waals surface area contributed by atoms with Crippen molar-refractivity contribution in [1.29, 1.82) is 10.0 Å². The van der Waals surface area contributed by atoms with Crippen LogP contribution in [-0.4, -0.2) is 13.9 Å². The molecule has 7 nitrogen and oxygen atoms in total. The van der Waals surface area contributed by atoms with E-state index in [-0.39, 0.29) is 11.6 Å². The molecule has 4 N–H and O–H groups in total. The number of aliphatic hydroxyl groups excluding tert-OH is 1. The summed E-state index contributed by atoms with van der Waals surface area (Å²) in [5.74, 6) is -0.637. The van der Waals surface area contributed by atoms with Crippen LogP contribution in [0.4, 0.5) is 10.1 Å². The Morgan fingerprint density at radius 1 is 1.35 bits per heavy atom. The maximum atomic E-state index is 13.6. The van der Waals surface area contributed by atoms with Gasteiger partial charge in [0, 0.05) is 25.0 Å². The van der Waals surface area contributed by atoms with Gasteiger partial charge in [0.1, 0.15) is 21.8 Å². The topological polar surface area (TPSA) is 114 Å². The molecule has 0 amide bonds. The van der Waals surface area contributed by atoms with Crippen molar-refractivity contribution in [3.8, 4) is 6.07 Å². The monoisotopic (exact) mass is 439 g/mol. The van der Waals surface area contributed by atoms with E-state index in [2.05, 4.69) is 10.0 Å². The second-order valence-electron chi connectivity index (χ2n) is 7.50. The summed E-state index contributed by atoms with van der Waals surface area (Å²) in [4.78, 5) is 0.348. The number of aromatic nitrogens is 1. The predicted molar refractivity (Wildman–Crippen MR) is 115 cm³/mol. The molecule has 0 spiro atoms. The number of rotatable bonds is 4. The molecule has 3 aromatic rings. The van der Waals surface area contributed by atoms with Gasteiger partial charge in [-0.2, -0.15) is 5.26 Å². The van der Waals surface area contributed by atoms with Gasteiger partial charge in [0.05, 0.1) is 16.2 Å². The van der Waals surface area contributed by atoms with Gasteiger partial charge in [0.15, 0.2) is 6.23 Å². The summed E-state index contributed by atoms with van der Waals surface area (Å²) in [7, 11) is -1.59. The first kappa shape index (κ1) is 21.1. The molecule has 0 bridgehead atoms. The van der Waals surface area contributed by atoms with Crippen LogP contribution in [0.15, 0.2) is 59.6 Å². The van der Waals surface area contributed by atoms with E-state index in [1.165, 1.54) is 12.1 Å². The van der Waals surface area contributed by atoms with E-state index in [9.17, 15) is 13.7 Å². The highest BCUT2D eigenvalue weighted by Crippen LogP contribution is 2.35. The lowest BCUT2D eigenvalue weighted by molar-refractivity contribution is 0.198. The van der Waals surface area contributed by atoms with Crippen LogP contribution < -0.4 is 10.0 Å². The SMILES string of the molecule is Cn1cc2c(c1C(O)Nc1ccc(F)c(C#N)c1)CC[C@H](c1ccccc1)NS2(=N)=O. The van der Waals surface area contributed by atoms with Crippen LogP contribution in [-0.2, 0) is 23.4 Å². The lowest BCUT2D eigenvalue weighted by atomic mass is 9.99. The van der Waals surface area contributed by atoms with Gasteiger partial charge in [-0.3, -0.25) is 0 Å². The number of nitriles is 1. The number of nitrogens with one attached hydrogen (secondary N) is 3. The minimum atomic E-state index is -3.30. The Balaban J connectivity index is 1.67. The molecular formula is C22H22FN5O2S. The van der Waals surface area contributed by atoms with E-state index in [1.54, 1.807) is 23.9 Å². The number of halogens is 1. The number of benzene rings is 2. The van der Waals surface area contributed by atoms with Crippen molar-refractivity contribution < 1.29 is 13.7 Å². The fourth-order valence-electron chi connectivity index (χ4n) is 3.98. The fourth-order valence-corrected chi connectivity index (χ4v) is 5.62. The van der Waals surface area contributed by atoms with Gasteiger partial charge in [0.25, 0.3) is 0 Å². The van der Waals surface area contributed by atoms with Crippen LogP contribution in [0.1, 0.15) is 41.1 Å². The third-order valence-electron chi connectivity index (χ3n) is 5.45. The zero-order valence-corrected chi connectivity index (χ0v) is 17.6. The lowest BCUT2D eigenvalue weighted by Gasteiger charge is -2.19. The maximum absolute atomic E-state index is 13.6. The Hall–Kier alpha value is -3.19. The summed E-state index contributed by atoms with van der Waals surface area (Å²) >= 11 is 0. The smallest absolute Gasteiger partial charge is 0.166 e. The molecule has 3 atom stereocenters. The molecule has 0 aliphatic carbocycles. The Morgan fingerprint density at radius 3 is 2.81 bits per heavy atom. The van der Waals surface area contributed by atoms with E-state index < -0.39 is 22.0 Å². The van der Waals surface area contributed by atoms with Crippen LogP contribution >= 0.6 is 0 Å². The summed E-state index contributed by atoms with van der Waals surface area (Å²) in [5.41, 5.74) is 2.32. The van der Waals surface area contributed by atoms with Crippen LogP contribution in [0.3, 0.4) is 0 Å². The van der Waals surface area contributed by atoms with Crippen molar-refractivity contribution >= 4 is 15.6 Å². The van der Waals surface area contributed by atoms with Gasteiger partial charge in [-0.1, -0.05) is 30.3 Å². The van der Waals surface area contributed by atoms with Crippen molar-refractivity contribution in [2.75, 3.05) is 5.32 Å². The second kappa shape index (κ2) is 8.15. The summed E-state index contributed by atoms with van der Waals surface area (Å²) in [6.07, 6.45) is 1.52. The van der Waals surface area contributed by atoms with Gasteiger partial charge in [-0.15, -0.1) is 0 Å². The molecule has 9 heteroatoms. The molecule has 0 radical (unpaired) electrons. The van der Waals surface area contributed by atoms with Gasteiger partial charge in [-0.05, 0) is 42.2 Å². The molecule has 0 fully saturated rings. The number of fused-ring (bicyclic) bond motifs is 1. The largest absolute Gasteiger partial charge is 0.368 e. The molecule has 0 saturated carbocycles. The van der Waals surface area contributed by atoms with Crippen LogP contribution in [0.5, 0.6) is 0 Å². The van der Waals surface area contributed by atoms with Crippen molar-refractivity contribution in [3.05, 3.63) is 82.9 Å². The molecule has 1 aromatic heterocycles. The summed E-state index contributed by atoms with van der Waals surface area (Å²) in [6, 6.07) is 15.0. The van der Waals surface area contributed by atoms with Gasteiger partial charge >= 0.3 is 0 Å². The highest BCUT2D eigenvalue weighted by molar-refractivity contribution is 7.90. The molecular weight excluding hydrogens is 417 g/mol. The number of hydrogen-bond donors (Lipinski definition) is 4. The highest BCUT2D eigenvalue weighted by atomic mass is 32.2. The van der Waals surface area contributed by atoms with E-state index in [4.69, 9.17) is 10.0 Å². The number of anilines is 1. The fraction of sp³-hybridized carbons (Fsp3) is 0.227. The second-order valence-corrected chi connectivity index (χ2v) is 9.29. The first-order valence-electron chi connectivity index (χ1n) is 9.73. The summed E-state index contributed by atoms with van der Waals surface area (Å²) in [5, 5.41) is 22.8. The predicted octanol–water partition coefficient (Wildman–Crippen LogP) is 3.74. The zero-order chi connectivity index (χ0) is 22.2. The Bertz CT molecular complexity index is 1270. The average molecular weight is 440 g/mol. The van der Waals surface area contributed by atoms with Crippen molar-refractivity contribution in [1.82, 2.24) is 9.29 Å². The van der Waals surface area contributed by atoms with E-state index in [1.807, 2.05) is 30.3 Å². The number of nitrogens with zero attached hydrogens (tertiary/aromatic N) is 2. The maximum Gasteiger partial charge on any atom is 0.166 e. The van der Waals surface area contributed by atoms with Crippen molar-refractivity contribution in [2.24, 2.45) is 7.05 Å². The van der Waals surface area contributed by atoms with Gasteiger partial charge in [-0.25, -0.2) is 18.1 Å². The molecule has 4 rings (SSSR count). The molecule has 31 heavy (non-hydrogen) atoms. The summed E-state index contributed by atoms with van der Waals surface area (Å²) in [6.45, 7) is 0. The van der Waals surface area contributed by atoms with E-state index in [0.29, 0.717) is 34.7 Å². The lowest BCUT2D eigenvalue weighted by Crippen LogP contribution is -2.26. The van der Waals surface area contributed by atoms with E-state index >= 15 is 0 Å². The molecule has 0 saturated heterocycles. The van der Waals surface area contributed by atoms with Crippen LogP contribution in [0.2, 0.25) is 0 Å². The quantitative estimate of drug-likeness (QED) is 0.464. The van der Waals surface area contributed by atoms with Crippen LogP contribution in [0, 0.1) is 21.9 Å². The molecule has 1 aliphatic rings. The Kier molecular flexibility index (Phi) is 5.54. The van der Waals surface area contributed by atoms with Gasteiger partial charge < -0.3 is 15.0 Å². The highest BCUT2D eigenvalue weighted by Gasteiger charge is 2.31. The van der Waals surface area contributed by atoms with Crippen molar-refractivity contribution in [2.45, 2.75) is 30.0 Å². The Morgan fingerprint density at radius 2 is 2.10 bits per heavy atom. The standard InChI is InChI=1S/C22H22FN5O2S/c1-28-13-20-17(8-10-19(27-31(20,25)30)14-5-3-2-4-6-14)21(28)22(29)26-16-7-9-18(23)15(11-16)12-24/h2-7,9,11,13,19,22,26,29H,8,10H2,1H3,(H2,25,27,30)/t19-,22?,31?/m1/s1. The molecule has 1 aliphatic heterocycles. The van der Waals surface area contributed by atoms with Crippen molar-refractivity contribution in [3.63, 3.8) is 0 Å². The number of hydrogen-bond acceptors (Lipinski definition) is 5. The molecule has 2 unspecified atom stereocenters. The summed E-state index contributed by atoms with van der Waals surface area (Å²) < 4.78 is 40.0. The normalized spacial score (nSPS) is 21.5. The molecule has 160 valence electrons. The Labute approximate surface area is 180 Å². The number of aliphatic hydroxyl groups is 1. The molecule has 2 aromatic carbocycles. The zero-order valence-electron chi connectivity index (χ0n) is 16.8. The minimum Gasteiger partial charge on any atom is -0.368 e. The molecule has 2 heterocycles. The van der Waals surface area contributed by atoms with Gasteiger partial charge in [0.2, 0.25) is 0 Å². The third-order valence-corrected chi connectivity index (χ3v) is 7.04. The first-order valence-corrected chi connectivity index (χ1v) is 11.3. The third kappa shape index (κ3) is 4.05. The first-order chi connectivity index (χ1) is 14.8. The van der Waals surface area contributed by atoms with E-state index in [0.717, 1.165) is 11.6 Å². The number of aryl methyl sites for hydroxylation is 1. The van der Waals surface area contributed by atoms with Crippen LogP contribution in [0.25, 0.3) is 0 Å².